The normalized spacial score (nSPS) is 15.2. The third-order valence-electron chi connectivity index (χ3n) is 3.77. The smallest absolute Gasteiger partial charge is 0.234 e. The average molecular weight is 347 g/mol. The van der Waals surface area contributed by atoms with Crippen molar-refractivity contribution in [3.63, 3.8) is 0 Å². The van der Waals surface area contributed by atoms with Gasteiger partial charge in [-0.25, -0.2) is 4.98 Å². The predicted molar refractivity (Wildman–Crippen MR) is 93.6 cm³/mol. The van der Waals surface area contributed by atoms with Gasteiger partial charge in [0.15, 0.2) is 11.5 Å². The van der Waals surface area contributed by atoms with E-state index in [4.69, 9.17) is 14.5 Å². The zero-order chi connectivity index (χ0) is 16.9. The van der Waals surface area contributed by atoms with Gasteiger partial charge in [0.1, 0.15) is 5.01 Å². The summed E-state index contributed by atoms with van der Waals surface area (Å²) in [7, 11) is 1.64. The lowest BCUT2D eigenvalue weighted by Gasteiger charge is -2.25. The molecule has 1 N–H and O–H groups in total. The molecule has 1 amide bonds. The quantitative estimate of drug-likeness (QED) is 0.867. The maximum atomic E-state index is 11.4. The van der Waals surface area contributed by atoms with Crippen LogP contribution in [0.2, 0.25) is 0 Å². The SMILES string of the molecule is CCOc1ccc(-c2nc(CN3CCNC(=O)C3)cs2)cc1OC. The van der Waals surface area contributed by atoms with Crippen LogP contribution in [0, 0.1) is 0 Å². The van der Waals surface area contributed by atoms with Gasteiger partial charge in [0.25, 0.3) is 0 Å². The monoisotopic (exact) mass is 347 g/mol. The Morgan fingerprint density at radius 3 is 3.00 bits per heavy atom. The molecule has 0 unspecified atom stereocenters. The van der Waals surface area contributed by atoms with Gasteiger partial charge in [-0.15, -0.1) is 11.3 Å². The summed E-state index contributed by atoms with van der Waals surface area (Å²) in [4.78, 5) is 18.3. The van der Waals surface area contributed by atoms with Gasteiger partial charge in [0.2, 0.25) is 5.91 Å². The van der Waals surface area contributed by atoms with Crippen LogP contribution in [0.5, 0.6) is 11.5 Å². The molecular weight excluding hydrogens is 326 g/mol. The van der Waals surface area contributed by atoms with Crippen molar-refractivity contribution in [2.75, 3.05) is 33.4 Å². The number of carbonyl (C=O) groups excluding carboxylic acids is 1. The highest BCUT2D eigenvalue weighted by atomic mass is 32.1. The first-order chi connectivity index (χ1) is 11.7. The van der Waals surface area contributed by atoms with Gasteiger partial charge in [0, 0.05) is 30.6 Å². The van der Waals surface area contributed by atoms with Crippen LogP contribution in [0.25, 0.3) is 10.6 Å². The zero-order valence-electron chi connectivity index (χ0n) is 13.9. The summed E-state index contributed by atoms with van der Waals surface area (Å²) in [6.07, 6.45) is 0. The second-order valence-electron chi connectivity index (χ2n) is 5.50. The molecule has 24 heavy (non-hydrogen) atoms. The molecule has 128 valence electrons. The molecule has 2 heterocycles. The van der Waals surface area contributed by atoms with Gasteiger partial charge < -0.3 is 14.8 Å². The number of hydrogen-bond donors (Lipinski definition) is 1. The van der Waals surface area contributed by atoms with E-state index >= 15 is 0 Å². The summed E-state index contributed by atoms with van der Waals surface area (Å²) in [5, 5.41) is 5.82. The Kier molecular flexibility index (Phi) is 5.32. The first-order valence-electron chi connectivity index (χ1n) is 7.94. The molecule has 2 aromatic rings. The Labute approximate surface area is 145 Å². The van der Waals surface area contributed by atoms with E-state index < -0.39 is 0 Å². The topological polar surface area (TPSA) is 63.7 Å². The summed E-state index contributed by atoms with van der Waals surface area (Å²) in [5.74, 6) is 1.52. The maximum absolute atomic E-state index is 11.4. The molecule has 0 bridgehead atoms. The fourth-order valence-corrected chi connectivity index (χ4v) is 3.45. The van der Waals surface area contributed by atoms with Gasteiger partial charge >= 0.3 is 0 Å². The third kappa shape index (κ3) is 3.85. The predicted octanol–water partition coefficient (Wildman–Crippen LogP) is 2.15. The summed E-state index contributed by atoms with van der Waals surface area (Å²) >= 11 is 1.60. The number of piperazine rings is 1. The van der Waals surface area contributed by atoms with Crippen molar-refractivity contribution in [2.45, 2.75) is 13.5 Å². The van der Waals surface area contributed by atoms with Crippen molar-refractivity contribution in [1.82, 2.24) is 15.2 Å². The lowest BCUT2D eigenvalue weighted by Crippen LogP contribution is -2.47. The zero-order valence-corrected chi connectivity index (χ0v) is 14.7. The van der Waals surface area contributed by atoms with Crippen LogP contribution in [0.4, 0.5) is 0 Å². The minimum atomic E-state index is 0.0768. The van der Waals surface area contributed by atoms with E-state index in [1.54, 1.807) is 18.4 Å². The summed E-state index contributed by atoms with van der Waals surface area (Å²) in [6.45, 7) is 5.23. The average Bonchev–Trinajstić information content (AvgIpc) is 3.04. The van der Waals surface area contributed by atoms with E-state index in [0.717, 1.165) is 28.6 Å². The molecule has 0 aliphatic carbocycles. The molecular formula is C17H21N3O3S. The Hall–Kier alpha value is -2.12. The van der Waals surface area contributed by atoms with Crippen LogP contribution >= 0.6 is 11.3 Å². The van der Waals surface area contributed by atoms with E-state index in [-0.39, 0.29) is 5.91 Å². The minimum absolute atomic E-state index is 0.0768. The fourth-order valence-electron chi connectivity index (χ4n) is 2.64. The highest BCUT2D eigenvalue weighted by molar-refractivity contribution is 7.13. The molecule has 7 heteroatoms. The molecule has 3 rings (SSSR count). The number of nitrogens with one attached hydrogen (secondary N) is 1. The van der Waals surface area contributed by atoms with Crippen LogP contribution in [0.15, 0.2) is 23.6 Å². The highest BCUT2D eigenvalue weighted by Crippen LogP contribution is 2.33. The van der Waals surface area contributed by atoms with E-state index in [1.165, 1.54) is 0 Å². The van der Waals surface area contributed by atoms with Crippen LogP contribution in [-0.2, 0) is 11.3 Å². The van der Waals surface area contributed by atoms with Gasteiger partial charge in [-0.3, -0.25) is 9.69 Å². The Balaban J connectivity index is 1.74. The van der Waals surface area contributed by atoms with Crippen LogP contribution in [-0.4, -0.2) is 49.1 Å². The second-order valence-corrected chi connectivity index (χ2v) is 6.36. The van der Waals surface area contributed by atoms with Crippen molar-refractivity contribution in [2.24, 2.45) is 0 Å². The Morgan fingerprint density at radius 1 is 1.38 bits per heavy atom. The lowest BCUT2D eigenvalue weighted by atomic mass is 10.2. The first kappa shape index (κ1) is 16.7. The molecule has 1 aliphatic rings. The summed E-state index contributed by atoms with van der Waals surface area (Å²) < 4.78 is 10.9. The van der Waals surface area contributed by atoms with Crippen molar-refractivity contribution >= 4 is 17.2 Å². The standard InChI is InChI=1S/C17H21N3O3S/c1-3-23-14-5-4-12(8-15(14)22-2)17-19-13(11-24-17)9-20-7-6-18-16(21)10-20/h4-5,8,11H,3,6-7,9-10H2,1-2H3,(H,18,21). The molecule has 1 aromatic carbocycles. The first-order valence-corrected chi connectivity index (χ1v) is 8.82. The lowest BCUT2D eigenvalue weighted by molar-refractivity contribution is -0.124. The molecule has 1 aliphatic heterocycles. The second kappa shape index (κ2) is 7.63. The van der Waals surface area contributed by atoms with Crippen molar-refractivity contribution in [1.29, 1.82) is 0 Å². The maximum Gasteiger partial charge on any atom is 0.234 e. The molecule has 1 aromatic heterocycles. The Morgan fingerprint density at radius 2 is 2.25 bits per heavy atom. The van der Waals surface area contributed by atoms with Crippen LogP contribution in [0.1, 0.15) is 12.6 Å². The number of nitrogens with zero attached hydrogens (tertiary/aromatic N) is 2. The fraction of sp³-hybridized carbons (Fsp3) is 0.412. The summed E-state index contributed by atoms with van der Waals surface area (Å²) in [5.41, 5.74) is 1.99. The van der Waals surface area contributed by atoms with E-state index in [0.29, 0.717) is 32.0 Å². The summed E-state index contributed by atoms with van der Waals surface area (Å²) in [6, 6.07) is 5.85. The van der Waals surface area contributed by atoms with Crippen molar-refractivity contribution in [3.05, 3.63) is 29.3 Å². The molecule has 6 nitrogen and oxygen atoms in total. The minimum Gasteiger partial charge on any atom is -0.493 e. The van der Waals surface area contributed by atoms with Crippen LogP contribution < -0.4 is 14.8 Å². The van der Waals surface area contributed by atoms with Gasteiger partial charge in [-0.1, -0.05) is 0 Å². The number of carbonyl (C=O) groups is 1. The van der Waals surface area contributed by atoms with Crippen LogP contribution in [0.3, 0.4) is 0 Å². The van der Waals surface area contributed by atoms with Crippen molar-refractivity contribution in [3.8, 4) is 22.1 Å². The molecule has 1 fully saturated rings. The van der Waals surface area contributed by atoms with Crippen molar-refractivity contribution < 1.29 is 14.3 Å². The number of hydrogen-bond acceptors (Lipinski definition) is 6. The Bertz CT molecular complexity index is 717. The highest BCUT2D eigenvalue weighted by Gasteiger charge is 2.17. The molecule has 0 spiro atoms. The van der Waals surface area contributed by atoms with Gasteiger partial charge in [-0.05, 0) is 25.1 Å². The van der Waals surface area contributed by atoms with Gasteiger partial charge in [0.05, 0.1) is 26.0 Å². The number of rotatable bonds is 6. The molecule has 1 saturated heterocycles. The van der Waals surface area contributed by atoms with E-state index in [1.807, 2.05) is 30.5 Å². The number of aromatic nitrogens is 1. The number of methoxy groups -OCH3 is 1. The van der Waals surface area contributed by atoms with Gasteiger partial charge in [-0.2, -0.15) is 0 Å². The third-order valence-corrected chi connectivity index (χ3v) is 4.71. The van der Waals surface area contributed by atoms with E-state index in [9.17, 15) is 4.79 Å². The number of ether oxygens (including phenoxy) is 2. The largest absolute Gasteiger partial charge is 0.493 e. The van der Waals surface area contributed by atoms with E-state index in [2.05, 4.69) is 10.2 Å². The number of thiazole rings is 1. The number of benzene rings is 1. The molecule has 0 saturated carbocycles. The molecule has 0 atom stereocenters. The number of amides is 1. The molecule has 0 radical (unpaired) electrons.